The SMILES string of the molecule is CC(=O)O[C@@H]1[C@H]2O[C@H]2c2c(ccc3ncccc23)[C@H]1OC(C)=O. The maximum atomic E-state index is 11.5. The van der Waals surface area contributed by atoms with Crippen molar-refractivity contribution in [2.45, 2.75) is 38.3 Å². The van der Waals surface area contributed by atoms with E-state index in [1.54, 1.807) is 6.20 Å². The summed E-state index contributed by atoms with van der Waals surface area (Å²) in [6, 6.07) is 7.57. The second-order valence-electron chi connectivity index (χ2n) is 5.76. The molecule has 0 bridgehead atoms. The molecule has 1 fully saturated rings. The van der Waals surface area contributed by atoms with Crippen LogP contribution in [-0.2, 0) is 23.8 Å². The van der Waals surface area contributed by atoms with Crippen molar-refractivity contribution in [3.63, 3.8) is 0 Å². The average Bonchev–Trinajstić information content (AvgIpc) is 3.29. The van der Waals surface area contributed by atoms with E-state index in [1.807, 2.05) is 24.3 Å². The molecule has 118 valence electrons. The van der Waals surface area contributed by atoms with Crippen LogP contribution in [0, 0.1) is 0 Å². The first kappa shape index (κ1) is 14.1. The van der Waals surface area contributed by atoms with Crippen molar-refractivity contribution in [3.8, 4) is 0 Å². The fourth-order valence-corrected chi connectivity index (χ4v) is 3.34. The highest BCUT2D eigenvalue weighted by atomic mass is 16.6. The highest BCUT2D eigenvalue weighted by Gasteiger charge is 2.58. The van der Waals surface area contributed by atoms with Crippen LogP contribution in [-0.4, -0.2) is 29.1 Å². The molecule has 0 radical (unpaired) electrons. The molecule has 1 aliphatic heterocycles. The van der Waals surface area contributed by atoms with E-state index in [-0.39, 0.29) is 12.2 Å². The van der Waals surface area contributed by atoms with Crippen LogP contribution in [0.2, 0.25) is 0 Å². The van der Waals surface area contributed by atoms with Crippen LogP contribution >= 0.6 is 0 Å². The van der Waals surface area contributed by atoms with Crippen molar-refractivity contribution in [3.05, 3.63) is 41.6 Å². The van der Waals surface area contributed by atoms with E-state index in [0.717, 1.165) is 22.0 Å². The molecule has 1 aromatic heterocycles. The number of fused-ring (bicyclic) bond motifs is 5. The van der Waals surface area contributed by atoms with Gasteiger partial charge in [0.25, 0.3) is 0 Å². The minimum absolute atomic E-state index is 0.158. The van der Waals surface area contributed by atoms with Gasteiger partial charge in [-0.05, 0) is 17.7 Å². The predicted octanol–water partition coefficient (Wildman–Crippen LogP) is 2.22. The number of carbonyl (C=O) groups is 2. The molecule has 2 aromatic rings. The molecule has 6 heteroatoms. The van der Waals surface area contributed by atoms with Crippen molar-refractivity contribution in [2.24, 2.45) is 0 Å². The summed E-state index contributed by atoms with van der Waals surface area (Å²) < 4.78 is 16.6. The smallest absolute Gasteiger partial charge is 0.303 e. The number of pyridine rings is 1. The lowest BCUT2D eigenvalue weighted by Crippen LogP contribution is -2.36. The minimum Gasteiger partial charge on any atom is -0.455 e. The van der Waals surface area contributed by atoms with Crippen molar-refractivity contribution in [2.75, 3.05) is 0 Å². The largest absolute Gasteiger partial charge is 0.455 e. The molecule has 1 aromatic carbocycles. The molecule has 23 heavy (non-hydrogen) atoms. The topological polar surface area (TPSA) is 78.0 Å². The number of benzene rings is 1. The van der Waals surface area contributed by atoms with Gasteiger partial charge in [-0.2, -0.15) is 0 Å². The molecule has 1 saturated heterocycles. The summed E-state index contributed by atoms with van der Waals surface area (Å²) in [4.78, 5) is 27.3. The number of hydrogen-bond acceptors (Lipinski definition) is 6. The maximum Gasteiger partial charge on any atom is 0.303 e. The number of nitrogens with zero attached hydrogens (tertiary/aromatic N) is 1. The Labute approximate surface area is 132 Å². The summed E-state index contributed by atoms with van der Waals surface area (Å²) in [5, 5.41) is 0.968. The number of esters is 2. The Bertz CT molecular complexity index is 818. The summed E-state index contributed by atoms with van der Waals surface area (Å²) in [6.45, 7) is 2.68. The third-order valence-electron chi connectivity index (χ3n) is 4.19. The van der Waals surface area contributed by atoms with Gasteiger partial charge in [0.2, 0.25) is 0 Å². The molecular weight excluding hydrogens is 298 g/mol. The molecule has 0 saturated carbocycles. The van der Waals surface area contributed by atoms with Crippen molar-refractivity contribution in [1.29, 1.82) is 0 Å². The van der Waals surface area contributed by atoms with Gasteiger partial charge in [-0.3, -0.25) is 14.6 Å². The quantitative estimate of drug-likeness (QED) is 0.625. The molecule has 2 aliphatic rings. The van der Waals surface area contributed by atoms with Crippen LogP contribution in [0.25, 0.3) is 10.9 Å². The summed E-state index contributed by atoms with van der Waals surface area (Å²) in [5.41, 5.74) is 2.63. The lowest BCUT2D eigenvalue weighted by Gasteiger charge is -2.30. The third kappa shape index (κ3) is 2.26. The normalized spacial score (nSPS) is 27.7. The molecule has 0 amide bonds. The lowest BCUT2D eigenvalue weighted by atomic mass is 9.85. The number of epoxide rings is 1. The van der Waals surface area contributed by atoms with Gasteiger partial charge < -0.3 is 14.2 Å². The first-order chi connectivity index (χ1) is 11.1. The Kier molecular flexibility index (Phi) is 3.09. The minimum atomic E-state index is -0.667. The first-order valence-electron chi connectivity index (χ1n) is 7.43. The zero-order valence-corrected chi connectivity index (χ0v) is 12.7. The van der Waals surface area contributed by atoms with Crippen molar-refractivity contribution in [1.82, 2.24) is 4.98 Å². The predicted molar refractivity (Wildman–Crippen MR) is 79.4 cm³/mol. The second-order valence-corrected chi connectivity index (χ2v) is 5.76. The molecule has 1 aliphatic carbocycles. The Morgan fingerprint density at radius 2 is 1.91 bits per heavy atom. The van der Waals surface area contributed by atoms with Gasteiger partial charge >= 0.3 is 11.9 Å². The Morgan fingerprint density at radius 3 is 2.65 bits per heavy atom. The van der Waals surface area contributed by atoms with E-state index in [2.05, 4.69) is 4.98 Å². The number of ether oxygens (including phenoxy) is 3. The molecule has 6 nitrogen and oxygen atoms in total. The standard InChI is InChI=1S/C17H15NO5/c1-8(19)21-14-11-5-6-12-10(4-3-7-18-12)13(11)15-17(23-15)16(14)22-9(2)20/h3-7,14-17H,1-2H3/t14-,15+,16+,17+/m1/s1. The van der Waals surface area contributed by atoms with E-state index < -0.39 is 24.1 Å². The van der Waals surface area contributed by atoms with Crippen LogP contribution in [0.3, 0.4) is 0 Å². The first-order valence-corrected chi connectivity index (χ1v) is 7.43. The van der Waals surface area contributed by atoms with Crippen LogP contribution in [0.15, 0.2) is 30.5 Å². The van der Waals surface area contributed by atoms with E-state index in [0.29, 0.717) is 0 Å². The number of carbonyl (C=O) groups excluding carboxylic acids is 2. The Hall–Kier alpha value is -2.47. The highest BCUT2D eigenvalue weighted by molar-refractivity contribution is 5.85. The van der Waals surface area contributed by atoms with E-state index in [1.165, 1.54) is 13.8 Å². The van der Waals surface area contributed by atoms with Gasteiger partial charge in [0.1, 0.15) is 12.2 Å². The van der Waals surface area contributed by atoms with Gasteiger partial charge in [0.15, 0.2) is 12.2 Å². The molecule has 4 atom stereocenters. The van der Waals surface area contributed by atoms with E-state index >= 15 is 0 Å². The number of rotatable bonds is 2. The van der Waals surface area contributed by atoms with Gasteiger partial charge in [-0.25, -0.2) is 0 Å². The fourth-order valence-electron chi connectivity index (χ4n) is 3.34. The summed E-state index contributed by atoms with van der Waals surface area (Å²) >= 11 is 0. The maximum absolute atomic E-state index is 11.5. The molecule has 0 N–H and O–H groups in total. The average molecular weight is 313 g/mol. The summed E-state index contributed by atoms with van der Waals surface area (Å²) in [5.74, 6) is -0.851. The Morgan fingerprint density at radius 1 is 1.13 bits per heavy atom. The molecule has 0 unspecified atom stereocenters. The van der Waals surface area contributed by atoms with Crippen LogP contribution < -0.4 is 0 Å². The van der Waals surface area contributed by atoms with Gasteiger partial charge in [-0.1, -0.05) is 12.1 Å². The van der Waals surface area contributed by atoms with Gasteiger partial charge in [0, 0.05) is 31.0 Å². The van der Waals surface area contributed by atoms with Crippen molar-refractivity contribution >= 4 is 22.8 Å². The Balaban J connectivity index is 1.87. The number of aromatic nitrogens is 1. The zero-order valence-electron chi connectivity index (χ0n) is 12.7. The van der Waals surface area contributed by atoms with Crippen molar-refractivity contribution < 1.29 is 23.8 Å². The number of hydrogen-bond donors (Lipinski definition) is 0. The third-order valence-corrected chi connectivity index (χ3v) is 4.19. The van der Waals surface area contributed by atoms with E-state index in [4.69, 9.17) is 14.2 Å². The highest BCUT2D eigenvalue weighted by Crippen LogP contribution is 2.54. The van der Waals surface area contributed by atoms with Crippen LogP contribution in [0.5, 0.6) is 0 Å². The van der Waals surface area contributed by atoms with Crippen LogP contribution in [0.4, 0.5) is 0 Å². The van der Waals surface area contributed by atoms with Crippen LogP contribution in [0.1, 0.15) is 37.2 Å². The lowest BCUT2D eigenvalue weighted by molar-refractivity contribution is -0.168. The monoisotopic (exact) mass is 313 g/mol. The van der Waals surface area contributed by atoms with E-state index in [9.17, 15) is 9.59 Å². The summed E-state index contributed by atoms with van der Waals surface area (Å²) in [7, 11) is 0. The zero-order chi connectivity index (χ0) is 16.1. The molecule has 4 rings (SSSR count). The second kappa shape index (κ2) is 5.03. The fraction of sp³-hybridized carbons (Fsp3) is 0.353. The van der Waals surface area contributed by atoms with Gasteiger partial charge in [0.05, 0.1) is 5.52 Å². The molecule has 0 spiro atoms. The van der Waals surface area contributed by atoms with Gasteiger partial charge in [-0.15, -0.1) is 0 Å². The molecular formula is C17H15NO5. The summed E-state index contributed by atoms with van der Waals surface area (Å²) in [6.07, 6.45) is -0.00743. The molecule has 2 heterocycles.